The summed E-state index contributed by atoms with van der Waals surface area (Å²) in [6.45, 7) is 5.89. The average Bonchev–Trinajstić information content (AvgIpc) is 3.35. The molecular formula is C19H28FN6+. The molecule has 1 aromatic carbocycles. The number of anilines is 1. The minimum atomic E-state index is -0.131. The Kier molecular flexibility index (Phi) is 5.15. The number of tetrazole rings is 1. The highest BCUT2D eigenvalue weighted by atomic mass is 19.1. The van der Waals surface area contributed by atoms with Gasteiger partial charge >= 0.3 is 0 Å². The van der Waals surface area contributed by atoms with E-state index >= 15 is 0 Å². The summed E-state index contributed by atoms with van der Waals surface area (Å²) >= 11 is 0. The second-order valence-corrected chi connectivity index (χ2v) is 7.48. The largest absolute Gasteiger partial charge is 0.358 e. The monoisotopic (exact) mass is 359 g/mol. The number of halogens is 1. The Balaban J connectivity index is 1.46. The molecule has 1 atom stereocenters. The van der Waals surface area contributed by atoms with E-state index in [1.807, 2.05) is 12.1 Å². The molecule has 140 valence electrons. The Hall–Kier alpha value is -2.02. The second-order valence-electron chi connectivity index (χ2n) is 7.48. The van der Waals surface area contributed by atoms with E-state index < -0.39 is 0 Å². The van der Waals surface area contributed by atoms with Crippen LogP contribution < -0.4 is 9.80 Å². The second kappa shape index (κ2) is 7.70. The molecule has 1 saturated heterocycles. The Morgan fingerprint density at radius 2 is 1.92 bits per heavy atom. The van der Waals surface area contributed by atoms with Gasteiger partial charge in [0, 0.05) is 6.42 Å². The summed E-state index contributed by atoms with van der Waals surface area (Å²) in [5, 5.41) is 12.7. The van der Waals surface area contributed by atoms with E-state index in [0.717, 1.165) is 44.1 Å². The molecule has 1 N–H and O–H groups in total. The normalized spacial score (nSPS) is 20.6. The van der Waals surface area contributed by atoms with E-state index in [-0.39, 0.29) is 5.82 Å². The predicted octanol–water partition coefficient (Wildman–Crippen LogP) is 1.78. The summed E-state index contributed by atoms with van der Waals surface area (Å²) in [5.74, 6) is 0.905. The molecule has 1 aliphatic heterocycles. The predicted molar refractivity (Wildman–Crippen MR) is 97.7 cm³/mol. The molecule has 0 spiro atoms. The number of nitrogens with zero attached hydrogens (tertiary/aromatic N) is 5. The molecule has 0 amide bonds. The first-order valence-corrected chi connectivity index (χ1v) is 9.89. The third-order valence-electron chi connectivity index (χ3n) is 6.00. The highest BCUT2D eigenvalue weighted by Gasteiger charge is 2.34. The molecule has 2 aromatic rings. The van der Waals surface area contributed by atoms with Crippen LogP contribution in [0.2, 0.25) is 0 Å². The topological polar surface area (TPSA) is 51.3 Å². The fraction of sp³-hybridized carbons (Fsp3) is 0.632. The van der Waals surface area contributed by atoms with Gasteiger partial charge in [-0.1, -0.05) is 31.9 Å². The van der Waals surface area contributed by atoms with Gasteiger partial charge in [0.1, 0.15) is 11.9 Å². The molecule has 7 heteroatoms. The van der Waals surface area contributed by atoms with Gasteiger partial charge < -0.3 is 9.80 Å². The zero-order chi connectivity index (χ0) is 17.9. The van der Waals surface area contributed by atoms with Crippen LogP contribution in [-0.4, -0.2) is 46.4 Å². The lowest BCUT2D eigenvalue weighted by molar-refractivity contribution is -0.933. The molecule has 6 nitrogen and oxygen atoms in total. The van der Waals surface area contributed by atoms with Crippen molar-refractivity contribution in [3.63, 3.8) is 0 Å². The molecule has 2 heterocycles. The fourth-order valence-electron chi connectivity index (χ4n) is 4.58. The summed E-state index contributed by atoms with van der Waals surface area (Å²) in [4.78, 5) is 3.67. The molecule has 2 fully saturated rings. The smallest absolute Gasteiger partial charge is 0.209 e. The number of hydrogen-bond acceptors (Lipinski definition) is 4. The summed E-state index contributed by atoms with van der Waals surface area (Å²) in [7, 11) is 0. The molecule has 0 radical (unpaired) electrons. The van der Waals surface area contributed by atoms with Crippen LogP contribution in [0.5, 0.6) is 0 Å². The number of para-hydroxylation sites is 1. The van der Waals surface area contributed by atoms with Crippen molar-refractivity contribution in [2.75, 3.05) is 31.1 Å². The van der Waals surface area contributed by atoms with Gasteiger partial charge in [-0.25, -0.2) is 9.07 Å². The molecule has 1 saturated carbocycles. The molecule has 1 aromatic heterocycles. The number of benzene rings is 1. The van der Waals surface area contributed by atoms with Crippen molar-refractivity contribution in [1.82, 2.24) is 20.2 Å². The zero-order valence-corrected chi connectivity index (χ0v) is 15.4. The number of hydrogen-bond donors (Lipinski definition) is 1. The van der Waals surface area contributed by atoms with Crippen LogP contribution in [0.1, 0.15) is 56.9 Å². The summed E-state index contributed by atoms with van der Waals surface area (Å²) in [6, 6.07) is 7.84. The van der Waals surface area contributed by atoms with Crippen molar-refractivity contribution in [2.45, 2.75) is 51.1 Å². The van der Waals surface area contributed by atoms with Crippen LogP contribution in [0.3, 0.4) is 0 Å². The van der Waals surface area contributed by atoms with E-state index in [1.165, 1.54) is 30.6 Å². The molecule has 26 heavy (non-hydrogen) atoms. The van der Waals surface area contributed by atoms with Crippen LogP contribution in [0.25, 0.3) is 0 Å². The molecule has 0 unspecified atom stereocenters. The lowest BCUT2D eigenvalue weighted by atomic mass is 10.1. The average molecular weight is 359 g/mol. The summed E-state index contributed by atoms with van der Waals surface area (Å²) < 4.78 is 16.2. The van der Waals surface area contributed by atoms with Gasteiger partial charge in [-0.3, -0.25) is 0 Å². The first-order chi connectivity index (χ1) is 12.8. The van der Waals surface area contributed by atoms with Crippen molar-refractivity contribution in [2.24, 2.45) is 0 Å². The molecule has 4 rings (SSSR count). The summed E-state index contributed by atoms with van der Waals surface area (Å²) in [6.07, 6.45) is 5.93. The van der Waals surface area contributed by atoms with Crippen LogP contribution in [-0.2, 0) is 0 Å². The van der Waals surface area contributed by atoms with Gasteiger partial charge in [-0.2, -0.15) is 0 Å². The first kappa shape index (κ1) is 17.4. The lowest BCUT2D eigenvalue weighted by Gasteiger charge is -2.37. The van der Waals surface area contributed by atoms with E-state index in [1.54, 1.807) is 12.1 Å². The molecule has 2 aliphatic rings. The molecule has 1 aliphatic carbocycles. The quantitative estimate of drug-likeness (QED) is 0.884. The maximum Gasteiger partial charge on any atom is 0.209 e. The van der Waals surface area contributed by atoms with Crippen LogP contribution >= 0.6 is 0 Å². The number of quaternary nitrogens is 1. The fourth-order valence-corrected chi connectivity index (χ4v) is 4.58. The minimum Gasteiger partial charge on any atom is -0.358 e. The van der Waals surface area contributed by atoms with E-state index in [0.29, 0.717) is 12.1 Å². The third kappa shape index (κ3) is 3.32. The molecule has 0 bridgehead atoms. The van der Waals surface area contributed by atoms with Crippen molar-refractivity contribution in [3.05, 3.63) is 35.9 Å². The Morgan fingerprint density at radius 1 is 1.19 bits per heavy atom. The Labute approximate surface area is 154 Å². The van der Waals surface area contributed by atoms with E-state index in [9.17, 15) is 4.39 Å². The zero-order valence-electron chi connectivity index (χ0n) is 15.4. The number of aromatic nitrogens is 4. The SMILES string of the molecule is CC[C@H](c1nnnn1C1CCCC1)[NH+]1CCN(c2ccccc2F)CC1. The van der Waals surface area contributed by atoms with Crippen LogP contribution in [0, 0.1) is 5.82 Å². The van der Waals surface area contributed by atoms with E-state index in [2.05, 4.69) is 32.0 Å². The summed E-state index contributed by atoms with van der Waals surface area (Å²) in [5.41, 5.74) is 0.718. The van der Waals surface area contributed by atoms with Crippen molar-refractivity contribution in [3.8, 4) is 0 Å². The standard InChI is InChI=1S/C19H27FN6/c1-2-17(19-21-22-23-26(19)15-7-3-4-8-15)24-11-13-25(14-12-24)18-10-6-5-9-16(18)20/h5-6,9-10,15,17H,2-4,7-8,11-14H2,1H3/p+1/t17-/m1/s1. The van der Waals surface area contributed by atoms with Gasteiger partial charge in [-0.05, 0) is 35.4 Å². The van der Waals surface area contributed by atoms with Gasteiger partial charge in [0.15, 0.2) is 0 Å². The van der Waals surface area contributed by atoms with Gasteiger partial charge in [-0.15, -0.1) is 5.10 Å². The van der Waals surface area contributed by atoms with Gasteiger partial charge in [0.25, 0.3) is 0 Å². The maximum absolute atomic E-state index is 14.1. The lowest BCUT2D eigenvalue weighted by Crippen LogP contribution is -3.15. The van der Waals surface area contributed by atoms with Gasteiger partial charge in [0.05, 0.1) is 37.9 Å². The Bertz CT molecular complexity index is 718. The highest BCUT2D eigenvalue weighted by Crippen LogP contribution is 2.30. The van der Waals surface area contributed by atoms with Crippen LogP contribution in [0.15, 0.2) is 24.3 Å². The van der Waals surface area contributed by atoms with Crippen molar-refractivity contribution < 1.29 is 9.29 Å². The van der Waals surface area contributed by atoms with E-state index in [4.69, 9.17) is 0 Å². The number of nitrogens with one attached hydrogen (secondary N) is 1. The third-order valence-corrected chi connectivity index (χ3v) is 6.00. The molecular weight excluding hydrogens is 331 g/mol. The minimum absolute atomic E-state index is 0.131. The Morgan fingerprint density at radius 3 is 2.62 bits per heavy atom. The number of rotatable bonds is 5. The highest BCUT2D eigenvalue weighted by molar-refractivity contribution is 5.47. The van der Waals surface area contributed by atoms with Crippen LogP contribution in [0.4, 0.5) is 10.1 Å². The number of piperazine rings is 1. The van der Waals surface area contributed by atoms with Crippen molar-refractivity contribution >= 4 is 5.69 Å². The first-order valence-electron chi connectivity index (χ1n) is 9.89. The van der Waals surface area contributed by atoms with Crippen molar-refractivity contribution in [1.29, 1.82) is 0 Å². The van der Waals surface area contributed by atoms with Gasteiger partial charge in [0.2, 0.25) is 5.82 Å². The maximum atomic E-state index is 14.1.